The van der Waals surface area contributed by atoms with Crippen molar-refractivity contribution in [2.24, 2.45) is 0 Å². The Morgan fingerprint density at radius 1 is 1.32 bits per heavy atom. The van der Waals surface area contributed by atoms with Crippen LogP contribution in [0.2, 0.25) is 0 Å². The molecule has 1 aromatic heterocycles. The normalized spacial score (nSPS) is 10.3. The molecule has 0 atom stereocenters. The van der Waals surface area contributed by atoms with Crippen LogP contribution in [0.3, 0.4) is 0 Å². The summed E-state index contributed by atoms with van der Waals surface area (Å²) in [5, 5.41) is 2.65. The molecule has 2 rings (SSSR count). The molecule has 0 saturated heterocycles. The number of nitrogens with zero attached hydrogens (tertiary/aromatic N) is 1. The highest BCUT2D eigenvalue weighted by atomic mass is 79.9. The zero-order valence-electron chi connectivity index (χ0n) is 9.88. The van der Waals surface area contributed by atoms with Gasteiger partial charge in [0.2, 0.25) is 5.95 Å². The maximum atomic E-state index is 13.4. The van der Waals surface area contributed by atoms with Gasteiger partial charge in [0.05, 0.1) is 11.3 Å². The molecule has 0 aliphatic heterocycles. The summed E-state index contributed by atoms with van der Waals surface area (Å²) < 4.78 is 14.9. The minimum atomic E-state index is -0.792. The molecular weight excluding hydrogens is 379 g/mol. The predicted molar refractivity (Wildman–Crippen MR) is 78.7 cm³/mol. The number of hydrogen-bond acceptors (Lipinski definition) is 2. The first kappa shape index (κ1) is 14.1. The van der Waals surface area contributed by atoms with Crippen molar-refractivity contribution >= 4 is 43.5 Å². The highest BCUT2D eigenvalue weighted by Gasteiger charge is 2.15. The van der Waals surface area contributed by atoms with Crippen molar-refractivity contribution in [2.45, 2.75) is 6.92 Å². The van der Waals surface area contributed by atoms with E-state index in [9.17, 15) is 9.18 Å². The fourth-order valence-electron chi connectivity index (χ4n) is 1.56. The number of benzene rings is 1. The van der Waals surface area contributed by atoms with Crippen molar-refractivity contribution in [3.63, 3.8) is 0 Å². The van der Waals surface area contributed by atoms with Crippen LogP contribution in [-0.2, 0) is 0 Å². The van der Waals surface area contributed by atoms with Crippen molar-refractivity contribution in [1.82, 2.24) is 4.98 Å². The number of rotatable bonds is 2. The summed E-state index contributed by atoms with van der Waals surface area (Å²) in [7, 11) is 0. The topological polar surface area (TPSA) is 42.0 Å². The van der Waals surface area contributed by atoms with Crippen molar-refractivity contribution in [3.05, 3.63) is 56.5 Å². The predicted octanol–water partition coefficient (Wildman–Crippen LogP) is 4.31. The van der Waals surface area contributed by atoms with Gasteiger partial charge in [-0.3, -0.25) is 4.79 Å². The van der Waals surface area contributed by atoms with Crippen LogP contribution >= 0.6 is 31.9 Å². The molecule has 3 nitrogen and oxygen atoms in total. The molecule has 0 aliphatic carbocycles. The van der Waals surface area contributed by atoms with Crippen molar-refractivity contribution in [3.8, 4) is 0 Å². The third-order valence-corrected chi connectivity index (χ3v) is 3.68. The fraction of sp³-hybridized carbons (Fsp3) is 0.0769. The molecule has 0 spiro atoms. The summed E-state index contributed by atoms with van der Waals surface area (Å²) in [6.45, 7) is 1.93. The van der Waals surface area contributed by atoms with Gasteiger partial charge in [0, 0.05) is 15.1 Å². The molecule has 0 fully saturated rings. The van der Waals surface area contributed by atoms with Gasteiger partial charge in [-0.15, -0.1) is 0 Å². The second-order valence-electron chi connectivity index (χ2n) is 3.90. The number of aromatic nitrogens is 1. The number of nitrogens with one attached hydrogen (secondary N) is 1. The van der Waals surface area contributed by atoms with Gasteiger partial charge in [-0.1, -0.05) is 0 Å². The Balaban J connectivity index is 2.32. The van der Waals surface area contributed by atoms with E-state index >= 15 is 0 Å². The second kappa shape index (κ2) is 5.79. The molecule has 1 aromatic carbocycles. The SMILES string of the molecule is Cc1cc(Br)c(NC(=O)c2cccnc2F)c(Br)c1. The summed E-state index contributed by atoms with van der Waals surface area (Å²) in [6, 6.07) is 6.62. The number of anilines is 1. The van der Waals surface area contributed by atoms with Gasteiger partial charge in [0.25, 0.3) is 5.91 Å². The summed E-state index contributed by atoms with van der Waals surface area (Å²) >= 11 is 6.73. The van der Waals surface area contributed by atoms with E-state index in [1.165, 1.54) is 18.3 Å². The van der Waals surface area contributed by atoms with Gasteiger partial charge in [-0.05, 0) is 68.6 Å². The summed E-state index contributed by atoms with van der Waals surface area (Å²) in [5.41, 5.74) is 1.49. The van der Waals surface area contributed by atoms with E-state index in [1.54, 1.807) is 0 Å². The van der Waals surface area contributed by atoms with Crippen LogP contribution in [0.4, 0.5) is 10.1 Å². The molecule has 0 saturated carbocycles. The standard InChI is InChI=1S/C13H9Br2FN2O/c1-7-5-9(14)11(10(15)6-7)18-13(19)8-3-2-4-17-12(8)16/h2-6H,1H3,(H,18,19). The number of hydrogen-bond donors (Lipinski definition) is 1. The largest absolute Gasteiger partial charge is 0.320 e. The quantitative estimate of drug-likeness (QED) is 0.780. The Morgan fingerprint density at radius 3 is 2.53 bits per heavy atom. The van der Waals surface area contributed by atoms with Gasteiger partial charge in [-0.25, -0.2) is 4.98 Å². The van der Waals surface area contributed by atoms with E-state index in [0.29, 0.717) is 5.69 Å². The number of pyridine rings is 1. The van der Waals surface area contributed by atoms with E-state index < -0.39 is 11.9 Å². The molecular formula is C13H9Br2FN2O. The molecule has 0 unspecified atom stereocenters. The molecule has 1 N–H and O–H groups in total. The fourth-order valence-corrected chi connectivity index (χ4v) is 3.17. The number of aryl methyl sites for hydroxylation is 1. The first-order valence-corrected chi connectivity index (χ1v) is 6.95. The van der Waals surface area contributed by atoms with Gasteiger partial charge >= 0.3 is 0 Å². The number of halogens is 3. The average Bonchev–Trinajstić information content (AvgIpc) is 2.34. The Hall–Kier alpha value is -1.27. The Bertz CT molecular complexity index is 623. The maximum absolute atomic E-state index is 13.4. The molecule has 2 aromatic rings. The van der Waals surface area contributed by atoms with Crippen molar-refractivity contribution < 1.29 is 9.18 Å². The lowest BCUT2D eigenvalue weighted by Crippen LogP contribution is -2.15. The second-order valence-corrected chi connectivity index (χ2v) is 5.61. The van der Waals surface area contributed by atoms with E-state index in [1.807, 2.05) is 19.1 Å². The van der Waals surface area contributed by atoms with E-state index in [4.69, 9.17) is 0 Å². The average molecular weight is 388 g/mol. The summed E-state index contributed by atoms with van der Waals surface area (Å²) in [4.78, 5) is 15.4. The van der Waals surface area contributed by atoms with Crippen molar-refractivity contribution in [2.75, 3.05) is 5.32 Å². The van der Waals surface area contributed by atoms with Gasteiger partial charge in [-0.2, -0.15) is 4.39 Å². The number of carbonyl (C=O) groups is 1. The van der Waals surface area contributed by atoms with Crippen LogP contribution < -0.4 is 5.32 Å². The van der Waals surface area contributed by atoms with Crippen molar-refractivity contribution in [1.29, 1.82) is 0 Å². The zero-order chi connectivity index (χ0) is 14.0. The smallest absolute Gasteiger partial charge is 0.260 e. The zero-order valence-corrected chi connectivity index (χ0v) is 13.0. The highest BCUT2D eigenvalue weighted by Crippen LogP contribution is 2.32. The van der Waals surface area contributed by atoms with Crippen LogP contribution in [0.1, 0.15) is 15.9 Å². The highest BCUT2D eigenvalue weighted by molar-refractivity contribution is 9.11. The Labute approximate surface area is 126 Å². The van der Waals surface area contributed by atoms with E-state index in [2.05, 4.69) is 42.2 Å². The monoisotopic (exact) mass is 386 g/mol. The van der Waals surface area contributed by atoms with Gasteiger partial charge in [0.15, 0.2) is 0 Å². The minimum Gasteiger partial charge on any atom is -0.320 e. The molecule has 1 heterocycles. The minimum absolute atomic E-state index is 0.0955. The lowest BCUT2D eigenvalue weighted by Gasteiger charge is -2.11. The van der Waals surface area contributed by atoms with Gasteiger partial charge < -0.3 is 5.32 Å². The maximum Gasteiger partial charge on any atom is 0.260 e. The number of amides is 1. The molecule has 6 heteroatoms. The van der Waals surface area contributed by atoms with Crippen LogP contribution in [0, 0.1) is 12.9 Å². The van der Waals surface area contributed by atoms with Crippen LogP contribution in [0.15, 0.2) is 39.4 Å². The summed E-state index contributed by atoms with van der Waals surface area (Å²) in [6.07, 6.45) is 1.30. The lowest BCUT2D eigenvalue weighted by atomic mass is 10.2. The molecule has 0 bridgehead atoms. The van der Waals surface area contributed by atoms with E-state index in [0.717, 1.165) is 14.5 Å². The molecule has 0 radical (unpaired) electrons. The van der Waals surface area contributed by atoms with Crippen LogP contribution in [-0.4, -0.2) is 10.9 Å². The van der Waals surface area contributed by atoms with Crippen LogP contribution in [0.5, 0.6) is 0 Å². The molecule has 19 heavy (non-hydrogen) atoms. The van der Waals surface area contributed by atoms with Gasteiger partial charge in [0.1, 0.15) is 0 Å². The lowest BCUT2D eigenvalue weighted by molar-refractivity contribution is 0.102. The summed E-state index contributed by atoms with van der Waals surface area (Å²) in [5.74, 6) is -1.34. The molecule has 0 aliphatic rings. The van der Waals surface area contributed by atoms with E-state index in [-0.39, 0.29) is 5.56 Å². The molecule has 1 amide bonds. The van der Waals surface area contributed by atoms with Crippen LogP contribution in [0.25, 0.3) is 0 Å². The third-order valence-electron chi connectivity index (χ3n) is 2.43. The first-order chi connectivity index (χ1) is 8.99. The first-order valence-electron chi connectivity index (χ1n) is 5.36. The number of carbonyl (C=O) groups excluding carboxylic acids is 1. The molecule has 98 valence electrons. The Morgan fingerprint density at radius 2 is 1.95 bits per heavy atom. The Kier molecular flexibility index (Phi) is 4.31. The third kappa shape index (κ3) is 3.19.